The second-order valence-electron chi connectivity index (χ2n) is 5.37. The van der Waals surface area contributed by atoms with E-state index in [1.165, 1.54) is 19.3 Å². The Morgan fingerprint density at radius 3 is 2.75 bits per heavy atom. The lowest BCUT2D eigenvalue weighted by Gasteiger charge is -2.19. The summed E-state index contributed by atoms with van der Waals surface area (Å²) >= 11 is 1.55. The molecule has 0 atom stereocenters. The molecule has 0 aliphatic heterocycles. The minimum absolute atomic E-state index is 0.222. The Morgan fingerprint density at radius 1 is 1.35 bits per heavy atom. The van der Waals surface area contributed by atoms with Crippen LogP contribution in [0.15, 0.2) is 5.38 Å². The van der Waals surface area contributed by atoms with E-state index in [4.69, 9.17) is 4.74 Å². The maximum Gasteiger partial charge on any atom is 0.317 e. The van der Waals surface area contributed by atoms with Gasteiger partial charge in [0.2, 0.25) is 0 Å². The second-order valence-corrected chi connectivity index (χ2v) is 6.23. The smallest absolute Gasteiger partial charge is 0.317 e. The molecule has 4 nitrogen and oxygen atoms in total. The molecule has 1 aromatic heterocycles. The lowest BCUT2D eigenvalue weighted by Crippen LogP contribution is -2.31. The van der Waals surface area contributed by atoms with Crippen LogP contribution >= 0.6 is 11.3 Å². The molecule has 0 aliphatic rings. The topological polar surface area (TPSA) is 51.2 Å². The minimum Gasteiger partial charge on any atom is -0.465 e. The summed E-state index contributed by atoms with van der Waals surface area (Å²) in [5, 5.41) is 6.14. The number of unbranched alkanes of at least 4 members (excludes halogenated alkanes) is 3. The Balaban J connectivity index is 2.51. The van der Waals surface area contributed by atoms with Crippen molar-refractivity contribution < 1.29 is 9.53 Å². The third-order valence-corrected chi connectivity index (χ3v) is 4.04. The molecule has 0 aromatic carbocycles. The third kappa shape index (κ3) is 4.78. The summed E-state index contributed by atoms with van der Waals surface area (Å²) in [5.41, 5.74) is 0.0891. The molecule has 1 N–H and O–H groups in total. The standard InChI is InChI=1S/C15H26N2O2S/c1-5-7-8-9-10-16-14-17-12(11-20-14)15(3,4)13(18)19-6-2/h11H,5-10H2,1-4H3,(H,16,17). The first kappa shape index (κ1) is 17.0. The molecule has 0 saturated heterocycles. The normalized spacial score (nSPS) is 11.4. The zero-order valence-electron chi connectivity index (χ0n) is 13.0. The van der Waals surface area contributed by atoms with E-state index in [2.05, 4.69) is 17.2 Å². The maximum absolute atomic E-state index is 11.9. The number of aromatic nitrogens is 1. The van der Waals surface area contributed by atoms with Crippen LogP contribution in [0.3, 0.4) is 0 Å². The Morgan fingerprint density at radius 2 is 2.10 bits per heavy atom. The summed E-state index contributed by atoms with van der Waals surface area (Å²) in [7, 11) is 0. The van der Waals surface area contributed by atoms with Crippen molar-refractivity contribution in [3.8, 4) is 0 Å². The summed E-state index contributed by atoms with van der Waals surface area (Å²) < 4.78 is 5.10. The summed E-state index contributed by atoms with van der Waals surface area (Å²) in [6.07, 6.45) is 4.93. The number of carbonyl (C=O) groups excluding carboxylic acids is 1. The van der Waals surface area contributed by atoms with Crippen molar-refractivity contribution in [3.05, 3.63) is 11.1 Å². The fraction of sp³-hybridized carbons (Fsp3) is 0.733. The van der Waals surface area contributed by atoms with Gasteiger partial charge in [0.05, 0.1) is 12.3 Å². The molecule has 0 aliphatic carbocycles. The van der Waals surface area contributed by atoms with Crippen LogP contribution in [0.4, 0.5) is 5.13 Å². The molecule has 0 spiro atoms. The van der Waals surface area contributed by atoms with Crippen LogP contribution in [0, 0.1) is 0 Å². The number of ether oxygens (including phenoxy) is 1. The first-order valence-electron chi connectivity index (χ1n) is 7.39. The van der Waals surface area contributed by atoms with Gasteiger partial charge in [0.25, 0.3) is 0 Å². The van der Waals surface area contributed by atoms with Gasteiger partial charge in [-0.3, -0.25) is 4.79 Å². The molecule has 5 heteroatoms. The lowest BCUT2D eigenvalue weighted by atomic mass is 9.90. The van der Waals surface area contributed by atoms with Crippen molar-refractivity contribution in [1.29, 1.82) is 0 Å². The van der Waals surface area contributed by atoms with Crippen molar-refractivity contribution in [2.75, 3.05) is 18.5 Å². The van der Waals surface area contributed by atoms with Gasteiger partial charge in [-0.25, -0.2) is 4.98 Å². The fourth-order valence-electron chi connectivity index (χ4n) is 1.81. The Bertz CT molecular complexity index is 416. The van der Waals surface area contributed by atoms with E-state index in [0.717, 1.165) is 23.8 Å². The maximum atomic E-state index is 11.9. The van der Waals surface area contributed by atoms with Gasteiger partial charge in [-0.2, -0.15) is 0 Å². The lowest BCUT2D eigenvalue weighted by molar-refractivity contribution is -0.148. The number of thiazole rings is 1. The number of nitrogens with zero attached hydrogens (tertiary/aromatic N) is 1. The molecular weight excluding hydrogens is 272 g/mol. The number of hydrogen-bond acceptors (Lipinski definition) is 5. The largest absolute Gasteiger partial charge is 0.465 e. The van der Waals surface area contributed by atoms with E-state index >= 15 is 0 Å². The van der Waals surface area contributed by atoms with Crippen LogP contribution in [-0.4, -0.2) is 24.1 Å². The summed E-state index contributed by atoms with van der Waals surface area (Å²) in [5.74, 6) is -0.222. The molecule has 0 fully saturated rings. The highest BCUT2D eigenvalue weighted by atomic mass is 32.1. The summed E-state index contributed by atoms with van der Waals surface area (Å²) in [6, 6.07) is 0. The molecule has 0 amide bonds. The molecule has 114 valence electrons. The molecule has 0 unspecified atom stereocenters. The minimum atomic E-state index is -0.686. The highest BCUT2D eigenvalue weighted by molar-refractivity contribution is 7.13. The van der Waals surface area contributed by atoms with Crippen LogP contribution in [-0.2, 0) is 14.9 Å². The van der Waals surface area contributed by atoms with Gasteiger partial charge in [-0.1, -0.05) is 26.2 Å². The molecule has 0 bridgehead atoms. The molecule has 1 heterocycles. The van der Waals surface area contributed by atoms with Crippen LogP contribution < -0.4 is 5.32 Å². The van der Waals surface area contributed by atoms with Crippen molar-refractivity contribution in [2.24, 2.45) is 0 Å². The number of anilines is 1. The van der Waals surface area contributed by atoms with E-state index in [0.29, 0.717) is 6.61 Å². The molecular formula is C15H26N2O2S. The van der Waals surface area contributed by atoms with Crippen molar-refractivity contribution >= 4 is 22.4 Å². The highest BCUT2D eigenvalue weighted by Crippen LogP contribution is 2.28. The highest BCUT2D eigenvalue weighted by Gasteiger charge is 2.33. The molecule has 20 heavy (non-hydrogen) atoms. The van der Waals surface area contributed by atoms with Crippen LogP contribution in [0.2, 0.25) is 0 Å². The van der Waals surface area contributed by atoms with Gasteiger partial charge in [-0.15, -0.1) is 11.3 Å². The second kappa shape index (κ2) is 8.25. The van der Waals surface area contributed by atoms with E-state index in [-0.39, 0.29) is 5.97 Å². The third-order valence-electron chi connectivity index (χ3n) is 3.24. The molecule has 0 radical (unpaired) electrons. The van der Waals surface area contributed by atoms with E-state index in [1.807, 2.05) is 26.2 Å². The van der Waals surface area contributed by atoms with Crippen molar-refractivity contribution in [2.45, 2.75) is 58.8 Å². The quantitative estimate of drug-likeness (QED) is 0.553. The molecule has 0 saturated carbocycles. The average molecular weight is 298 g/mol. The first-order chi connectivity index (χ1) is 9.52. The van der Waals surface area contributed by atoms with Gasteiger partial charge in [0, 0.05) is 11.9 Å². The number of esters is 1. The molecule has 1 rings (SSSR count). The fourth-order valence-corrected chi connectivity index (χ4v) is 2.71. The number of nitrogens with one attached hydrogen (secondary N) is 1. The first-order valence-corrected chi connectivity index (χ1v) is 8.27. The predicted octanol–water partition coefficient (Wildman–Crippen LogP) is 3.98. The monoisotopic (exact) mass is 298 g/mol. The van der Waals surface area contributed by atoms with E-state index in [1.54, 1.807) is 11.3 Å². The van der Waals surface area contributed by atoms with Gasteiger partial charge in [0.15, 0.2) is 5.13 Å². The number of rotatable bonds is 9. The van der Waals surface area contributed by atoms with Crippen molar-refractivity contribution in [1.82, 2.24) is 4.98 Å². The van der Waals surface area contributed by atoms with Gasteiger partial charge < -0.3 is 10.1 Å². The zero-order chi connectivity index (χ0) is 15.0. The van der Waals surface area contributed by atoms with Gasteiger partial charge in [-0.05, 0) is 27.2 Å². The summed E-state index contributed by atoms with van der Waals surface area (Å²) in [4.78, 5) is 16.4. The van der Waals surface area contributed by atoms with Gasteiger partial charge >= 0.3 is 5.97 Å². The van der Waals surface area contributed by atoms with Crippen LogP contribution in [0.5, 0.6) is 0 Å². The molecule has 1 aromatic rings. The Labute approximate surface area is 125 Å². The number of hydrogen-bond donors (Lipinski definition) is 1. The van der Waals surface area contributed by atoms with Crippen LogP contribution in [0.25, 0.3) is 0 Å². The van der Waals surface area contributed by atoms with E-state index < -0.39 is 5.41 Å². The number of carbonyl (C=O) groups is 1. The Kier molecular flexibility index (Phi) is 6.99. The Hall–Kier alpha value is -1.10. The zero-order valence-corrected chi connectivity index (χ0v) is 13.8. The van der Waals surface area contributed by atoms with E-state index in [9.17, 15) is 4.79 Å². The van der Waals surface area contributed by atoms with Gasteiger partial charge in [0.1, 0.15) is 5.41 Å². The SMILES string of the molecule is CCCCCCNc1nc(C(C)(C)C(=O)OCC)cs1. The average Bonchev–Trinajstić information content (AvgIpc) is 2.88. The van der Waals surface area contributed by atoms with Crippen LogP contribution in [0.1, 0.15) is 59.1 Å². The predicted molar refractivity (Wildman–Crippen MR) is 84.4 cm³/mol. The van der Waals surface area contributed by atoms with Crippen molar-refractivity contribution in [3.63, 3.8) is 0 Å². The summed E-state index contributed by atoms with van der Waals surface area (Å²) in [6.45, 7) is 9.06.